The molecule has 1 aliphatic heterocycles. The van der Waals surface area contributed by atoms with Crippen LogP contribution >= 0.6 is 0 Å². The molecule has 0 aromatic carbocycles. The largest absolute Gasteiger partial charge is 0.296 e. The highest BCUT2D eigenvalue weighted by atomic mass is 16.1. The van der Waals surface area contributed by atoms with Crippen LogP contribution in [0.4, 0.5) is 0 Å². The van der Waals surface area contributed by atoms with E-state index in [1.807, 2.05) is 13.1 Å². The van der Waals surface area contributed by atoms with Crippen LogP contribution in [-0.4, -0.2) is 32.0 Å². The molecule has 3 heterocycles. The van der Waals surface area contributed by atoms with Crippen LogP contribution in [0, 0.1) is 6.92 Å². The Kier molecular flexibility index (Phi) is 7.70. The monoisotopic (exact) mass is 482 g/mol. The van der Waals surface area contributed by atoms with E-state index >= 15 is 0 Å². The van der Waals surface area contributed by atoms with Gasteiger partial charge in [-0.05, 0) is 81.9 Å². The molecule has 1 aliphatic carbocycles. The molecule has 0 N–H and O–H groups in total. The normalized spacial score (nSPS) is 18.1. The number of pyridine rings is 1. The third-order valence-electron chi connectivity index (χ3n) is 7.56. The Morgan fingerprint density at radius 3 is 2.64 bits per heavy atom. The van der Waals surface area contributed by atoms with Crippen LogP contribution < -0.4 is 5.56 Å². The number of aryl methyl sites for hydroxylation is 1. The second-order valence-corrected chi connectivity index (χ2v) is 10.1. The van der Waals surface area contributed by atoms with Gasteiger partial charge < -0.3 is 0 Å². The van der Waals surface area contributed by atoms with E-state index in [-0.39, 0.29) is 11.6 Å². The second kappa shape index (κ2) is 10.8. The zero-order chi connectivity index (χ0) is 26.0. The Bertz CT molecular complexity index is 1380. The first-order valence-electron chi connectivity index (χ1n) is 12.8. The second-order valence-electron chi connectivity index (χ2n) is 10.1. The minimum absolute atomic E-state index is 0.0276. The minimum Gasteiger partial charge on any atom is -0.296 e. The van der Waals surface area contributed by atoms with Crippen LogP contribution in [0.1, 0.15) is 69.4 Å². The molecule has 1 unspecified atom stereocenters. The van der Waals surface area contributed by atoms with Gasteiger partial charge in [-0.15, -0.1) is 0 Å². The third-order valence-corrected chi connectivity index (χ3v) is 7.56. The summed E-state index contributed by atoms with van der Waals surface area (Å²) in [5.74, 6) is 0.736. The molecular formula is C31H38N4O. The third kappa shape index (κ3) is 5.26. The summed E-state index contributed by atoms with van der Waals surface area (Å²) in [7, 11) is 1.80. The zero-order valence-electron chi connectivity index (χ0n) is 22.7. The smallest absolute Gasteiger partial charge is 0.253 e. The van der Waals surface area contributed by atoms with Crippen molar-refractivity contribution in [3.05, 3.63) is 104 Å². The number of allylic oxidation sites excluding steroid dienone is 8. The van der Waals surface area contributed by atoms with Crippen LogP contribution in [0.25, 0.3) is 11.1 Å². The van der Waals surface area contributed by atoms with Gasteiger partial charge in [-0.3, -0.25) is 19.2 Å². The molecule has 0 bridgehead atoms. The molecule has 4 rings (SSSR count). The first-order valence-corrected chi connectivity index (χ1v) is 12.8. The molecule has 36 heavy (non-hydrogen) atoms. The summed E-state index contributed by atoms with van der Waals surface area (Å²) < 4.78 is 1.65. The van der Waals surface area contributed by atoms with Gasteiger partial charge in [-0.2, -0.15) is 0 Å². The van der Waals surface area contributed by atoms with Gasteiger partial charge in [0.1, 0.15) is 5.82 Å². The summed E-state index contributed by atoms with van der Waals surface area (Å²) in [5, 5.41) is 0. The van der Waals surface area contributed by atoms with E-state index in [1.54, 1.807) is 17.7 Å². The molecule has 0 spiro atoms. The van der Waals surface area contributed by atoms with Crippen LogP contribution in [0.15, 0.2) is 70.2 Å². The Morgan fingerprint density at radius 2 is 1.89 bits per heavy atom. The highest BCUT2D eigenvalue weighted by molar-refractivity contribution is 5.76. The van der Waals surface area contributed by atoms with Crippen molar-refractivity contribution >= 4 is 11.1 Å². The number of hydrogen-bond donors (Lipinski definition) is 0. The maximum absolute atomic E-state index is 12.4. The van der Waals surface area contributed by atoms with Crippen molar-refractivity contribution in [2.24, 2.45) is 7.05 Å². The van der Waals surface area contributed by atoms with E-state index in [4.69, 9.17) is 9.97 Å². The molecule has 0 saturated heterocycles. The van der Waals surface area contributed by atoms with Crippen molar-refractivity contribution in [2.45, 2.75) is 67.0 Å². The summed E-state index contributed by atoms with van der Waals surface area (Å²) in [6.07, 6.45) is 15.1. The SMILES string of the molecule is C/C=C\C(/C(C)=C(/C)c1nc(C)cc(=O)n1C)N1CCc2ncc(C3=CCC=C(C)C(C)=C3)cc2C1. The fourth-order valence-electron chi connectivity index (χ4n) is 5.08. The van der Waals surface area contributed by atoms with Crippen LogP contribution in [0.2, 0.25) is 0 Å². The van der Waals surface area contributed by atoms with E-state index in [0.29, 0.717) is 0 Å². The van der Waals surface area contributed by atoms with E-state index in [1.165, 1.54) is 39.1 Å². The van der Waals surface area contributed by atoms with Crippen LogP contribution in [0.5, 0.6) is 0 Å². The number of nitrogens with zero attached hydrogens (tertiary/aromatic N) is 4. The maximum Gasteiger partial charge on any atom is 0.253 e. The highest BCUT2D eigenvalue weighted by Crippen LogP contribution is 2.30. The first-order chi connectivity index (χ1) is 17.2. The van der Waals surface area contributed by atoms with Crippen molar-refractivity contribution in [3.8, 4) is 0 Å². The molecular weight excluding hydrogens is 444 g/mol. The zero-order valence-corrected chi connectivity index (χ0v) is 22.7. The summed E-state index contributed by atoms with van der Waals surface area (Å²) in [4.78, 5) is 24.5. The van der Waals surface area contributed by atoms with E-state index < -0.39 is 0 Å². The Labute approximate surface area is 215 Å². The van der Waals surface area contributed by atoms with E-state index in [0.717, 1.165) is 43.0 Å². The van der Waals surface area contributed by atoms with Gasteiger partial charge in [0.2, 0.25) is 0 Å². The summed E-state index contributed by atoms with van der Waals surface area (Å²) in [6, 6.07) is 4.03. The number of rotatable bonds is 5. The Hall–Kier alpha value is -3.31. The average Bonchev–Trinajstić information content (AvgIpc) is 3.03. The van der Waals surface area contributed by atoms with Crippen molar-refractivity contribution in [2.75, 3.05) is 6.54 Å². The molecule has 5 nitrogen and oxygen atoms in total. The fraction of sp³-hybridized carbons (Fsp3) is 0.387. The lowest BCUT2D eigenvalue weighted by Gasteiger charge is -2.35. The van der Waals surface area contributed by atoms with Gasteiger partial charge in [-0.25, -0.2) is 4.98 Å². The van der Waals surface area contributed by atoms with Crippen LogP contribution in [0.3, 0.4) is 0 Å². The van der Waals surface area contributed by atoms with E-state index in [2.05, 4.69) is 76.0 Å². The summed E-state index contributed by atoms with van der Waals surface area (Å²) >= 11 is 0. The average molecular weight is 483 g/mol. The summed E-state index contributed by atoms with van der Waals surface area (Å²) in [5.41, 5.74) is 10.5. The Balaban J connectivity index is 1.67. The molecule has 2 aromatic rings. The lowest BCUT2D eigenvalue weighted by Crippen LogP contribution is -2.39. The molecule has 188 valence electrons. The predicted octanol–water partition coefficient (Wildman–Crippen LogP) is 5.96. The number of hydrogen-bond acceptors (Lipinski definition) is 4. The molecule has 5 heteroatoms. The van der Waals surface area contributed by atoms with Gasteiger partial charge in [0, 0.05) is 61.8 Å². The molecule has 2 aliphatic rings. The van der Waals surface area contributed by atoms with Gasteiger partial charge >= 0.3 is 0 Å². The lowest BCUT2D eigenvalue weighted by molar-refractivity contribution is 0.230. The van der Waals surface area contributed by atoms with Crippen molar-refractivity contribution < 1.29 is 0 Å². The van der Waals surface area contributed by atoms with Gasteiger partial charge in [0.15, 0.2) is 0 Å². The van der Waals surface area contributed by atoms with Crippen molar-refractivity contribution in [3.63, 3.8) is 0 Å². The minimum atomic E-state index is -0.0276. The molecule has 0 fully saturated rings. The molecule has 0 amide bonds. The number of aromatic nitrogens is 3. The molecule has 2 aromatic heterocycles. The van der Waals surface area contributed by atoms with Crippen molar-refractivity contribution in [1.82, 2.24) is 19.4 Å². The van der Waals surface area contributed by atoms with Gasteiger partial charge in [-0.1, -0.05) is 36.0 Å². The molecule has 1 atom stereocenters. The van der Waals surface area contributed by atoms with Gasteiger partial charge in [0.25, 0.3) is 5.56 Å². The molecule has 0 radical (unpaired) electrons. The maximum atomic E-state index is 12.4. The van der Waals surface area contributed by atoms with Gasteiger partial charge in [0.05, 0.1) is 0 Å². The standard InChI is InChI=1S/C31H38N4O/c1-8-10-29(23(5)24(6)31-33-22(4)16-30(36)34(31)7)35-14-13-28-27(19-35)17-26(18-32-28)25-12-9-11-20(2)21(3)15-25/h8,10-12,15-18,29H,9,13-14,19H2,1-7H3/b10-8-,24-23-. The van der Waals surface area contributed by atoms with Crippen LogP contribution in [-0.2, 0) is 20.0 Å². The lowest BCUT2D eigenvalue weighted by atomic mass is 9.95. The topological polar surface area (TPSA) is 51.0 Å². The summed E-state index contributed by atoms with van der Waals surface area (Å²) in [6.45, 7) is 14.3. The predicted molar refractivity (Wildman–Crippen MR) is 150 cm³/mol. The highest BCUT2D eigenvalue weighted by Gasteiger charge is 2.26. The van der Waals surface area contributed by atoms with Crippen molar-refractivity contribution in [1.29, 1.82) is 0 Å². The Morgan fingerprint density at radius 1 is 1.11 bits per heavy atom. The number of fused-ring (bicyclic) bond motifs is 1. The molecule has 0 saturated carbocycles. The van der Waals surface area contributed by atoms with E-state index in [9.17, 15) is 4.79 Å². The fourth-order valence-corrected chi connectivity index (χ4v) is 5.08. The first kappa shape index (κ1) is 25.8. The quantitative estimate of drug-likeness (QED) is 0.494.